The van der Waals surface area contributed by atoms with Crippen molar-refractivity contribution in [1.82, 2.24) is 5.43 Å². The van der Waals surface area contributed by atoms with Crippen LogP contribution in [0, 0.1) is 17.8 Å². The van der Waals surface area contributed by atoms with Gasteiger partial charge in [0.2, 0.25) is 0 Å². The van der Waals surface area contributed by atoms with Gasteiger partial charge in [0.25, 0.3) is 0 Å². The molecule has 1 fully saturated rings. The number of rotatable bonds is 5. The molecule has 1 aliphatic rings. The molecule has 0 radical (unpaired) electrons. The van der Waals surface area contributed by atoms with Gasteiger partial charge < -0.3 is 9.47 Å². The van der Waals surface area contributed by atoms with Crippen molar-refractivity contribution in [2.45, 2.75) is 39.2 Å². The zero-order valence-electron chi connectivity index (χ0n) is 13.6. The lowest BCUT2D eigenvalue weighted by Gasteiger charge is -2.37. The Morgan fingerprint density at radius 3 is 2.48 bits per heavy atom. The monoisotopic (exact) mass is 292 g/mol. The minimum atomic E-state index is 0.102. The van der Waals surface area contributed by atoms with Crippen molar-refractivity contribution in [3.63, 3.8) is 0 Å². The lowest BCUT2D eigenvalue weighted by atomic mass is 9.72. The summed E-state index contributed by atoms with van der Waals surface area (Å²) in [6.45, 7) is 4.69. The van der Waals surface area contributed by atoms with Crippen LogP contribution < -0.4 is 20.7 Å². The fourth-order valence-electron chi connectivity index (χ4n) is 3.53. The highest BCUT2D eigenvalue weighted by Crippen LogP contribution is 2.43. The summed E-state index contributed by atoms with van der Waals surface area (Å²) in [5, 5.41) is 0. The maximum absolute atomic E-state index is 5.88. The normalized spacial score (nSPS) is 27.2. The maximum atomic E-state index is 5.88. The van der Waals surface area contributed by atoms with Gasteiger partial charge >= 0.3 is 0 Å². The van der Waals surface area contributed by atoms with Crippen LogP contribution in [0.1, 0.15) is 44.7 Å². The highest BCUT2D eigenvalue weighted by atomic mass is 16.5. The van der Waals surface area contributed by atoms with Gasteiger partial charge in [-0.15, -0.1) is 0 Å². The van der Waals surface area contributed by atoms with Crippen LogP contribution in [-0.2, 0) is 0 Å². The predicted molar refractivity (Wildman–Crippen MR) is 85.3 cm³/mol. The molecular formula is C17H28N2O2. The minimum Gasteiger partial charge on any atom is -0.493 e. The van der Waals surface area contributed by atoms with E-state index in [1.807, 2.05) is 12.1 Å². The van der Waals surface area contributed by atoms with Crippen LogP contribution in [0.3, 0.4) is 0 Å². The molecule has 3 N–H and O–H groups in total. The number of hydrogen-bond donors (Lipinski definition) is 2. The van der Waals surface area contributed by atoms with Gasteiger partial charge in [-0.1, -0.05) is 32.4 Å². The molecule has 2 rings (SSSR count). The van der Waals surface area contributed by atoms with Crippen LogP contribution >= 0.6 is 0 Å². The van der Waals surface area contributed by atoms with Crippen LogP contribution in [0.25, 0.3) is 0 Å². The van der Waals surface area contributed by atoms with E-state index in [1.165, 1.54) is 19.3 Å². The fraction of sp³-hybridized carbons (Fsp3) is 0.647. The molecule has 4 heteroatoms. The van der Waals surface area contributed by atoms with Gasteiger partial charge in [0.05, 0.1) is 20.3 Å². The van der Waals surface area contributed by atoms with Gasteiger partial charge in [0.15, 0.2) is 11.5 Å². The summed E-state index contributed by atoms with van der Waals surface area (Å²) >= 11 is 0. The van der Waals surface area contributed by atoms with E-state index in [-0.39, 0.29) is 6.04 Å². The van der Waals surface area contributed by atoms with Crippen molar-refractivity contribution in [1.29, 1.82) is 0 Å². The number of nitrogens with one attached hydrogen (secondary N) is 1. The largest absolute Gasteiger partial charge is 0.493 e. The molecule has 4 atom stereocenters. The maximum Gasteiger partial charge on any atom is 0.165 e. The van der Waals surface area contributed by atoms with E-state index < -0.39 is 0 Å². The first-order valence-corrected chi connectivity index (χ1v) is 7.79. The molecule has 1 aromatic rings. The third kappa shape index (κ3) is 3.33. The molecule has 4 nitrogen and oxygen atoms in total. The van der Waals surface area contributed by atoms with Crippen molar-refractivity contribution in [2.24, 2.45) is 23.6 Å². The van der Waals surface area contributed by atoms with E-state index in [1.54, 1.807) is 14.2 Å². The predicted octanol–water partition coefficient (Wildman–Crippen LogP) is 3.28. The average molecular weight is 292 g/mol. The second-order valence-corrected chi connectivity index (χ2v) is 6.25. The van der Waals surface area contributed by atoms with Gasteiger partial charge in [-0.2, -0.15) is 0 Å². The lowest BCUT2D eigenvalue weighted by molar-refractivity contribution is 0.169. The second-order valence-electron chi connectivity index (χ2n) is 6.25. The Morgan fingerprint density at radius 2 is 1.90 bits per heavy atom. The molecule has 4 unspecified atom stereocenters. The van der Waals surface area contributed by atoms with Gasteiger partial charge in [0, 0.05) is 5.56 Å². The number of methoxy groups -OCH3 is 2. The average Bonchev–Trinajstić information content (AvgIpc) is 2.51. The Kier molecular flexibility index (Phi) is 5.48. The molecule has 21 heavy (non-hydrogen) atoms. The third-order valence-corrected chi connectivity index (χ3v) is 5.06. The van der Waals surface area contributed by atoms with Crippen molar-refractivity contribution in [3.05, 3.63) is 23.8 Å². The third-order valence-electron chi connectivity index (χ3n) is 5.06. The van der Waals surface area contributed by atoms with Crippen LogP contribution in [0.2, 0.25) is 0 Å². The number of nitrogens with two attached hydrogens (primary N) is 1. The molecule has 0 saturated heterocycles. The van der Waals surface area contributed by atoms with E-state index in [0.29, 0.717) is 5.92 Å². The molecule has 0 amide bonds. The number of para-hydroxylation sites is 1. The van der Waals surface area contributed by atoms with Gasteiger partial charge in [-0.25, -0.2) is 0 Å². The number of ether oxygens (including phenoxy) is 2. The topological polar surface area (TPSA) is 56.5 Å². The van der Waals surface area contributed by atoms with E-state index in [4.69, 9.17) is 15.3 Å². The number of benzene rings is 1. The Morgan fingerprint density at radius 1 is 1.14 bits per heavy atom. The molecule has 118 valence electrons. The molecule has 0 heterocycles. The quantitative estimate of drug-likeness (QED) is 0.646. The van der Waals surface area contributed by atoms with E-state index >= 15 is 0 Å². The summed E-state index contributed by atoms with van der Waals surface area (Å²) < 4.78 is 11.0. The van der Waals surface area contributed by atoms with Crippen molar-refractivity contribution in [3.8, 4) is 11.5 Å². The Labute approximate surface area is 128 Å². The second kappa shape index (κ2) is 7.14. The summed E-state index contributed by atoms with van der Waals surface area (Å²) in [5.41, 5.74) is 4.10. The standard InChI is InChI=1S/C17H28N2O2/c1-11-8-9-13(10-12(11)2)16(19-18)14-6-5-7-15(20-3)17(14)21-4/h5-7,11-13,16,19H,8-10,18H2,1-4H3. The molecule has 1 saturated carbocycles. The Hall–Kier alpha value is -1.26. The molecule has 0 aromatic heterocycles. The summed E-state index contributed by atoms with van der Waals surface area (Å²) in [7, 11) is 3.34. The van der Waals surface area contributed by atoms with Crippen molar-refractivity contribution in [2.75, 3.05) is 14.2 Å². The van der Waals surface area contributed by atoms with E-state index in [0.717, 1.165) is 28.9 Å². The van der Waals surface area contributed by atoms with Crippen LogP contribution in [0.4, 0.5) is 0 Å². The summed E-state index contributed by atoms with van der Waals surface area (Å²) in [5.74, 6) is 9.49. The van der Waals surface area contributed by atoms with Crippen LogP contribution in [0.15, 0.2) is 18.2 Å². The molecule has 0 spiro atoms. The zero-order valence-corrected chi connectivity index (χ0v) is 13.6. The molecule has 1 aliphatic carbocycles. The summed E-state index contributed by atoms with van der Waals surface area (Å²) in [4.78, 5) is 0. The Balaban J connectivity index is 2.29. The zero-order chi connectivity index (χ0) is 15.4. The van der Waals surface area contributed by atoms with E-state index in [2.05, 4.69) is 25.3 Å². The van der Waals surface area contributed by atoms with Gasteiger partial charge in [-0.3, -0.25) is 11.3 Å². The first-order chi connectivity index (χ1) is 10.1. The van der Waals surface area contributed by atoms with Crippen molar-refractivity contribution < 1.29 is 9.47 Å². The summed E-state index contributed by atoms with van der Waals surface area (Å²) in [6.07, 6.45) is 3.65. The first-order valence-electron chi connectivity index (χ1n) is 7.79. The van der Waals surface area contributed by atoms with Gasteiger partial charge in [0.1, 0.15) is 0 Å². The smallest absolute Gasteiger partial charge is 0.165 e. The van der Waals surface area contributed by atoms with Crippen molar-refractivity contribution >= 4 is 0 Å². The summed E-state index contributed by atoms with van der Waals surface area (Å²) in [6, 6.07) is 6.09. The van der Waals surface area contributed by atoms with E-state index in [9.17, 15) is 0 Å². The minimum absolute atomic E-state index is 0.102. The van der Waals surface area contributed by atoms with Crippen LogP contribution in [0.5, 0.6) is 11.5 Å². The molecule has 1 aromatic carbocycles. The first kappa shape index (κ1) is 16.1. The molecular weight excluding hydrogens is 264 g/mol. The highest BCUT2D eigenvalue weighted by molar-refractivity contribution is 5.48. The molecule has 0 aliphatic heterocycles. The lowest BCUT2D eigenvalue weighted by Crippen LogP contribution is -2.37. The number of hydrazine groups is 1. The van der Waals surface area contributed by atoms with Crippen LogP contribution in [-0.4, -0.2) is 14.2 Å². The molecule has 0 bridgehead atoms. The Bertz CT molecular complexity index is 464. The van der Waals surface area contributed by atoms with Gasteiger partial charge in [-0.05, 0) is 36.7 Å². The highest BCUT2D eigenvalue weighted by Gasteiger charge is 2.32. The number of hydrogen-bond acceptors (Lipinski definition) is 4. The SMILES string of the molecule is COc1cccc(C(NN)C2CCC(C)C(C)C2)c1OC. The fourth-order valence-corrected chi connectivity index (χ4v) is 3.53.